The molecule has 5 nitrogen and oxygen atoms in total. The number of carbonyl (C=O) groups excluding carboxylic acids is 1. The first-order chi connectivity index (χ1) is 12.0. The highest BCUT2D eigenvalue weighted by Gasteiger charge is 2.12. The molecule has 0 aliphatic heterocycles. The van der Waals surface area contributed by atoms with Gasteiger partial charge in [0.15, 0.2) is 0 Å². The van der Waals surface area contributed by atoms with Gasteiger partial charge < -0.3 is 10.6 Å². The van der Waals surface area contributed by atoms with E-state index in [0.29, 0.717) is 16.7 Å². The molecule has 1 amide bonds. The standard InChI is InChI=1S/C18H14Cl2N4O/c1-11-5-2-3-7-13(11)23-18-21-10-9-15(24-18)17(25)22-14-8-4-6-12(19)16(14)20/h2-10H,1H3,(H,22,25)(H,21,23,24). The van der Waals surface area contributed by atoms with Crippen LogP contribution in [0.5, 0.6) is 0 Å². The van der Waals surface area contributed by atoms with E-state index in [4.69, 9.17) is 23.2 Å². The Morgan fingerprint density at radius 1 is 1.00 bits per heavy atom. The van der Waals surface area contributed by atoms with Gasteiger partial charge in [-0.05, 0) is 36.8 Å². The summed E-state index contributed by atoms with van der Waals surface area (Å²) in [6, 6.07) is 14.3. The van der Waals surface area contributed by atoms with Gasteiger partial charge in [0.1, 0.15) is 5.69 Å². The Labute approximate surface area is 155 Å². The van der Waals surface area contributed by atoms with Crippen molar-refractivity contribution in [3.63, 3.8) is 0 Å². The molecule has 25 heavy (non-hydrogen) atoms. The molecule has 0 unspecified atom stereocenters. The maximum Gasteiger partial charge on any atom is 0.274 e. The minimum absolute atomic E-state index is 0.210. The van der Waals surface area contributed by atoms with Gasteiger partial charge in [-0.1, -0.05) is 47.5 Å². The number of nitrogens with zero attached hydrogens (tertiary/aromatic N) is 2. The van der Waals surface area contributed by atoms with Crippen LogP contribution in [0.2, 0.25) is 10.0 Å². The summed E-state index contributed by atoms with van der Waals surface area (Å²) in [6.45, 7) is 1.97. The second-order valence-electron chi connectivity index (χ2n) is 5.26. The molecule has 3 rings (SSSR count). The molecule has 0 aliphatic rings. The molecule has 126 valence electrons. The molecule has 0 radical (unpaired) electrons. The van der Waals surface area contributed by atoms with Gasteiger partial charge in [-0.2, -0.15) is 0 Å². The zero-order valence-electron chi connectivity index (χ0n) is 13.3. The van der Waals surface area contributed by atoms with E-state index >= 15 is 0 Å². The van der Waals surface area contributed by atoms with E-state index in [1.165, 1.54) is 12.3 Å². The number of hydrogen-bond donors (Lipinski definition) is 2. The number of aromatic nitrogens is 2. The lowest BCUT2D eigenvalue weighted by Gasteiger charge is -2.10. The van der Waals surface area contributed by atoms with Crippen LogP contribution in [-0.4, -0.2) is 15.9 Å². The molecule has 7 heteroatoms. The Kier molecular flexibility index (Phi) is 5.16. The fourth-order valence-corrected chi connectivity index (χ4v) is 2.51. The summed E-state index contributed by atoms with van der Waals surface area (Å²) in [5, 5.41) is 6.45. The number of nitrogens with one attached hydrogen (secondary N) is 2. The van der Waals surface area contributed by atoms with Crippen LogP contribution in [0.25, 0.3) is 0 Å². The third kappa shape index (κ3) is 4.07. The molecule has 2 aromatic carbocycles. The van der Waals surface area contributed by atoms with Crippen molar-refractivity contribution in [1.82, 2.24) is 9.97 Å². The lowest BCUT2D eigenvalue weighted by Crippen LogP contribution is -2.15. The number of para-hydroxylation sites is 1. The first kappa shape index (κ1) is 17.2. The molecule has 0 saturated carbocycles. The van der Waals surface area contributed by atoms with Gasteiger partial charge in [-0.3, -0.25) is 4.79 Å². The van der Waals surface area contributed by atoms with Gasteiger partial charge in [0, 0.05) is 11.9 Å². The van der Waals surface area contributed by atoms with Crippen molar-refractivity contribution in [3.05, 3.63) is 76.0 Å². The minimum atomic E-state index is -0.403. The highest BCUT2D eigenvalue weighted by Crippen LogP contribution is 2.29. The molecule has 1 aromatic heterocycles. The summed E-state index contributed by atoms with van der Waals surface area (Å²) in [6.07, 6.45) is 1.52. The Morgan fingerprint density at radius 3 is 2.56 bits per heavy atom. The smallest absolute Gasteiger partial charge is 0.274 e. The first-order valence-corrected chi connectivity index (χ1v) is 8.21. The second-order valence-corrected chi connectivity index (χ2v) is 6.05. The molecule has 0 fully saturated rings. The molecule has 0 aliphatic carbocycles. The van der Waals surface area contributed by atoms with Crippen LogP contribution in [0.1, 0.15) is 16.1 Å². The highest BCUT2D eigenvalue weighted by molar-refractivity contribution is 6.44. The van der Waals surface area contributed by atoms with Crippen LogP contribution < -0.4 is 10.6 Å². The Hall–Kier alpha value is -2.63. The van der Waals surface area contributed by atoms with Gasteiger partial charge in [-0.15, -0.1) is 0 Å². The highest BCUT2D eigenvalue weighted by atomic mass is 35.5. The fraction of sp³-hybridized carbons (Fsp3) is 0.0556. The molecule has 1 heterocycles. The van der Waals surface area contributed by atoms with E-state index in [1.807, 2.05) is 31.2 Å². The number of amides is 1. The molecular weight excluding hydrogens is 359 g/mol. The summed E-state index contributed by atoms with van der Waals surface area (Å²) in [5.41, 5.74) is 2.55. The maximum atomic E-state index is 12.4. The van der Waals surface area contributed by atoms with Crippen molar-refractivity contribution in [3.8, 4) is 0 Å². The van der Waals surface area contributed by atoms with Crippen LogP contribution in [0.3, 0.4) is 0 Å². The first-order valence-electron chi connectivity index (χ1n) is 7.45. The predicted molar refractivity (Wildman–Crippen MR) is 101 cm³/mol. The largest absolute Gasteiger partial charge is 0.324 e. The lowest BCUT2D eigenvalue weighted by molar-refractivity contribution is 0.102. The predicted octanol–water partition coefficient (Wildman–Crippen LogP) is 5.09. The lowest BCUT2D eigenvalue weighted by atomic mass is 10.2. The van der Waals surface area contributed by atoms with Crippen LogP contribution in [0.4, 0.5) is 17.3 Å². The minimum Gasteiger partial charge on any atom is -0.324 e. The summed E-state index contributed by atoms with van der Waals surface area (Å²) in [4.78, 5) is 20.8. The van der Waals surface area contributed by atoms with Gasteiger partial charge in [0.25, 0.3) is 5.91 Å². The Morgan fingerprint density at radius 2 is 1.76 bits per heavy atom. The quantitative estimate of drug-likeness (QED) is 0.669. The van der Waals surface area contributed by atoms with Crippen molar-refractivity contribution in [2.45, 2.75) is 6.92 Å². The van der Waals surface area contributed by atoms with Crippen molar-refractivity contribution in [1.29, 1.82) is 0 Å². The average molecular weight is 373 g/mol. The molecular formula is C18H14Cl2N4O. The van der Waals surface area contributed by atoms with Crippen molar-refractivity contribution in [2.75, 3.05) is 10.6 Å². The zero-order valence-corrected chi connectivity index (χ0v) is 14.8. The third-order valence-electron chi connectivity index (χ3n) is 3.48. The molecule has 0 saturated heterocycles. The van der Waals surface area contributed by atoms with Gasteiger partial charge in [0.05, 0.1) is 15.7 Å². The Balaban J connectivity index is 1.80. The molecule has 2 N–H and O–H groups in total. The second kappa shape index (κ2) is 7.51. The third-order valence-corrected chi connectivity index (χ3v) is 4.30. The average Bonchev–Trinajstić information content (AvgIpc) is 2.61. The molecule has 0 atom stereocenters. The van der Waals surface area contributed by atoms with E-state index in [1.54, 1.807) is 18.2 Å². The summed E-state index contributed by atoms with van der Waals surface area (Å²) in [7, 11) is 0. The van der Waals surface area contributed by atoms with E-state index in [9.17, 15) is 4.79 Å². The van der Waals surface area contributed by atoms with Crippen LogP contribution in [0, 0.1) is 6.92 Å². The monoisotopic (exact) mass is 372 g/mol. The van der Waals surface area contributed by atoms with Crippen LogP contribution in [-0.2, 0) is 0 Å². The number of hydrogen-bond acceptors (Lipinski definition) is 4. The molecule has 3 aromatic rings. The van der Waals surface area contributed by atoms with Gasteiger partial charge in [0.2, 0.25) is 5.95 Å². The fourth-order valence-electron chi connectivity index (χ4n) is 2.17. The number of aryl methyl sites for hydroxylation is 1. The van der Waals surface area contributed by atoms with E-state index in [-0.39, 0.29) is 10.7 Å². The Bertz CT molecular complexity index is 930. The number of rotatable bonds is 4. The number of anilines is 3. The molecule has 0 spiro atoms. The number of halogens is 2. The summed E-state index contributed by atoms with van der Waals surface area (Å²) >= 11 is 12.0. The number of carbonyl (C=O) groups is 1. The zero-order chi connectivity index (χ0) is 17.8. The van der Waals surface area contributed by atoms with E-state index < -0.39 is 5.91 Å². The maximum absolute atomic E-state index is 12.4. The normalized spacial score (nSPS) is 10.4. The van der Waals surface area contributed by atoms with Crippen LogP contribution >= 0.6 is 23.2 Å². The van der Waals surface area contributed by atoms with E-state index in [0.717, 1.165) is 11.3 Å². The van der Waals surface area contributed by atoms with Crippen molar-refractivity contribution < 1.29 is 4.79 Å². The topological polar surface area (TPSA) is 66.9 Å². The molecule has 0 bridgehead atoms. The van der Waals surface area contributed by atoms with E-state index in [2.05, 4.69) is 20.6 Å². The van der Waals surface area contributed by atoms with Crippen molar-refractivity contribution in [2.24, 2.45) is 0 Å². The van der Waals surface area contributed by atoms with Crippen LogP contribution in [0.15, 0.2) is 54.7 Å². The van der Waals surface area contributed by atoms with Gasteiger partial charge in [-0.25, -0.2) is 9.97 Å². The van der Waals surface area contributed by atoms with Gasteiger partial charge >= 0.3 is 0 Å². The van der Waals surface area contributed by atoms with Crippen molar-refractivity contribution >= 4 is 46.4 Å². The summed E-state index contributed by atoms with van der Waals surface area (Å²) < 4.78 is 0. The summed E-state index contributed by atoms with van der Waals surface area (Å²) in [5.74, 6) is -0.0708. The number of benzene rings is 2. The SMILES string of the molecule is Cc1ccccc1Nc1nccc(C(=O)Nc2cccc(Cl)c2Cl)n1.